The fraction of sp³-hybridized carbons (Fsp3) is 0.280. The number of aromatic nitrogens is 2. The average Bonchev–Trinajstić information content (AvgIpc) is 3.27. The molecule has 0 radical (unpaired) electrons. The molecule has 1 unspecified atom stereocenters. The molecule has 6 nitrogen and oxygen atoms in total. The summed E-state index contributed by atoms with van der Waals surface area (Å²) in [5.74, 6) is -0.0375. The molecule has 1 aliphatic heterocycles. The summed E-state index contributed by atoms with van der Waals surface area (Å²) in [6.07, 6.45) is 3.10. The molecule has 1 atom stereocenters. The number of amides is 1. The van der Waals surface area contributed by atoms with Gasteiger partial charge in [-0.25, -0.2) is 0 Å². The predicted molar refractivity (Wildman–Crippen MR) is 117 cm³/mol. The molecule has 0 saturated carbocycles. The van der Waals surface area contributed by atoms with Crippen LogP contribution in [0.25, 0.3) is 11.3 Å². The summed E-state index contributed by atoms with van der Waals surface area (Å²) >= 11 is 0. The highest BCUT2D eigenvalue weighted by Crippen LogP contribution is 2.30. The standard InChI is InChI=1S/C25H23N5O/c1-2-3-4-22-17-29(16-20-7-5-18(14-26)6-8-20)25(31)24-13-23(28-30(22)24)21-11-9-19(15-27)10-12-21/h5-13,22H,2-4,16-17H2,1H3. The Hall–Kier alpha value is -3.90. The maximum atomic E-state index is 13.3. The van der Waals surface area contributed by atoms with Crippen LogP contribution in [0, 0.1) is 22.7 Å². The number of benzene rings is 2. The van der Waals surface area contributed by atoms with Gasteiger partial charge in [-0.15, -0.1) is 0 Å². The van der Waals surface area contributed by atoms with Crippen LogP contribution in [0.15, 0.2) is 54.6 Å². The Bertz CT molecular complexity index is 1160. The van der Waals surface area contributed by atoms with Gasteiger partial charge in [0.05, 0.1) is 35.0 Å². The van der Waals surface area contributed by atoms with Gasteiger partial charge in [0.2, 0.25) is 0 Å². The molecule has 0 saturated heterocycles. The lowest BCUT2D eigenvalue weighted by Crippen LogP contribution is -2.42. The van der Waals surface area contributed by atoms with Gasteiger partial charge in [-0.3, -0.25) is 9.48 Å². The Morgan fingerprint density at radius 1 is 1.03 bits per heavy atom. The van der Waals surface area contributed by atoms with Gasteiger partial charge >= 0.3 is 0 Å². The molecule has 0 spiro atoms. The number of rotatable bonds is 6. The number of carbonyl (C=O) groups excluding carboxylic acids is 1. The normalized spacial score (nSPS) is 15.3. The van der Waals surface area contributed by atoms with E-state index in [-0.39, 0.29) is 11.9 Å². The van der Waals surface area contributed by atoms with Crippen LogP contribution in [-0.4, -0.2) is 27.1 Å². The minimum absolute atomic E-state index is 0.0375. The van der Waals surface area contributed by atoms with Gasteiger partial charge in [-0.2, -0.15) is 15.6 Å². The van der Waals surface area contributed by atoms with Crippen LogP contribution in [0.1, 0.15) is 59.4 Å². The molecule has 1 amide bonds. The van der Waals surface area contributed by atoms with Crippen molar-refractivity contribution in [3.63, 3.8) is 0 Å². The fourth-order valence-corrected chi connectivity index (χ4v) is 3.96. The summed E-state index contributed by atoms with van der Waals surface area (Å²) in [7, 11) is 0. The Morgan fingerprint density at radius 2 is 1.68 bits per heavy atom. The molecule has 3 aromatic rings. The van der Waals surface area contributed by atoms with E-state index in [1.807, 2.05) is 39.9 Å². The van der Waals surface area contributed by atoms with Crippen molar-refractivity contribution in [3.8, 4) is 23.4 Å². The van der Waals surface area contributed by atoms with E-state index < -0.39 is 0 Å². The van der Waals surface area contributed by atoms with E-state index in [1.54, 1.807) is 24.3 Å². The quantitative estimate of drug-likeness (QED) is 0.591. The lowest BCUT2D eigenvalue weighted by Gasteiger charge is -2.33. The summed E-state index contributed by atoms with van der Waals surface area (Å²) in [5.41, 5.74) is 4.44. The van der Waals surface area contributed by atoms with Gasteiger partial charge in [-0.1, -0.05) is 44.0 Å². The number of unbranched alkanes of at least 4 members (excludes halogenated alkanes) is 1. The first-order valence-electron chi connectivity index (χ1n) is 10.5. The molecule has 2 heterocycles. The molecule has 0 bridgehead atoms. The van der Waals surface area contributed by atoms with E-state index in [1.165, 1.54) is 0 Å². The third kappa shape index (κ3) is 4.20. The average molecular weight is 409 g/mol. The molecule has 1 aromatic heterocycles. The maximum absolute atomic E-state index is 13.3. The van der Waals surface area contributed by atoms with Crippen LogP contribution in [-0.2, 0) is 6.54 Å². The van der Waals surface area contributed by atoms with E-state index in [0.29, 0.717) is 29.9 Å². The topological polar surface area (TPSA) is 85.7 Å². The van der Waals surface area contributed by atoms with Crippen molar-refractivity contribution in [3.05, 3.63) is 77.0 Å². The monoisotopic (exact) mass is 409 g/mol. The zero-order valence-corrected chi connectivity index (χ0v) is 17.5. The van der Waals surface area contributed by atoms with E-state index in [4.69, 9.17) is 15.6 Å². The van der Waals surface area contributed by atoms with Crippen molar-refractivity contribution in [2.45, 2.75) is 38.8 Å². The van der Waals surface area contributed by atoms with Gasteiger partial charge in [0.15, 0.2) is 0 Å². The summed E-state index contributed by atoms with van der Waals surface area (Å²) in [4.78, 5) is 15.2. The van der Waals surface area contributed by atoms with Crippen LogP contribution < -0.4 is 0 Å². The highest BCUT2D eigenvalue weighted by atomic mass is 16.2. The molecule has 154 valence electrons. The third-order valence-corrected chi connectivity index (χ3v) is 5.68. The first-order chi connectivity index (χ1) is 15.1. The first kappa shape index (κ1) is 20.4. The second-order valence-corrected chi connectivity index (χ2v) is 7.84. The van der Waals surface area contributed by atoms with Crippen LogP contribution in [0.2, 0.25) is 0 Å². The fourth-order valence-electron chi connectivity index (χ4n) is 3.96. The number of hydrogen-bond donors (Lipinski definition) is 0. The molecular formula is C25H23N5O. The highest BCUT2D eigenvalue weighted by Gasteiger charge is 2.32. The molecule has 1 aliphatic rings. The summed E-state index contributed by atoms with van der Waals surface area (Å²) in [5, 5.41) is 22.8. The van der Waals surface area contributed by atoms with Crippen LogP contribution in [0.3, 0.4) is 0 Å². The smallest absolute Gasteiger partial charge is 0.272 e. The lowest BCUT2D eigenvalue weighted by molar-refractivity contribution is 0.0635. The van der Waals surface area contributed by atoms with Crippen LogP contribution >= 0.6 is 0 Å². The number of carbonyl (C=O) groups is 1. The Balaban J connectivity index is 1.64. The third-order valence-electron chi connectivity index (χ3n) is 5.68. The number of hydrogen-bond acceptors (Lipinski definition) is 4. The molecular weight excluding hydrogens is 386 g/mol. The largest absolute Gasteiger partial charge is 0.331 e. The molecule has 0 N–H and O–H groups in total. The molecule has 4 rings (SSSR count). The van der Waals surface area contributed by atoms with Gasteiger partial charge in [0.1, 0.15) is 5.69 Å². The van der Waals surface area contributed by atoms with Crippen LogP contribution in [0.4, 0.5) is 0 Å². The highest BCUT2D eigenvalue weighted by molar-refractivity contribution is 5.94. The van der Waals surface area contributed by atoms with Gasteiger partial charge < -0.3 is 4.90 Å². The number of nitrogens with zero attached hydrogens (tertiary/aromatic N) is 5. The summed E-state index contributed by atoms with van der Waals surface area (Å²) in [6, 6.07) is 20.9. The second-order valence-electron chi connectivity index (χ2n) is 7.84. The minimum atomic E-state index is -0.0375. The van der Waals surface area contributed by atoms with Crippen molar-refractivity contribution in [2.75, 3.05) is 6.54 Å². The van der Waals surface area contributed by atoms with E-state index >= 15 is 0 Å². The zero-order chi connectivity index (χ0) is 21.8. The SMILES string of the molecule is CCCCC1CN(Cc2ccc(C#N)cc2)C(=O)c2cc(-c3ccc(C#N)cc3)nn21. The van der Waals surface area contributed by atoms with Crippen molar-refractivity contribution >= 4 is 5.91 Å². The molecule has 6 heteroatoms. The van der Waals surface area contributed by atoms with Crippen molar-refractivity contribution < 1.29 is 4.79 Å². The lowest BCUT2D eigenvalue weighted by atomic mass is 10.0. The van der Waals surface area contributed by atoms with Crippen molar-refractivity contribution in [1.82, 2.24) is 14.7 Å². The molecule has 0 fully saturated rings. The number of nitriles is 2. The number of fused-ring (bicyclic) bond motifs is 1. The predicted octanol–water partition coefficient (Wildman–Crippen LogP) is 4.68. The zero-order valence-electron chi connectivity index (χ0n) is 17.5. The van der Waals surface area contributed by atoms with E-state index in [0.717, 1.165) is 36.1 Å². The van der Waals surface area contributed by atoms with Gasteiger partial charge in [0.25, 0.3) is 5.91 Å². The first-order valence-corrected chi connectivity index (χ1v) is 10.5. The molecule has 0 aliphatic carbocycles. The maximum Gasteiger partial charge on any atom is 0.272 e. The minimum Gasteiger partial charge on any atom is -0.331 e. The Morgan fingerprint density at radius 3 is 2.29 bits per heavy atom. The molecule has 2 aromatic carbocycles. The summed E-state index contributed by atoms with van der Waals surface area (Å²) < 4.78 is 1.89. The Labute approximate surface area is 182 Å². The van der Waals surface area contributed by atoms with Gasteiger partial charge in [-0.05, 0) is 42.3 Å². The Kier molecular flexibility index (Phi) is 5.82. The van der Waals surface area contributed by atoms with Crippen molar-refractivity contribution in [2.24, 2.45) is 0 Å². The van der Waals surface area contributed by atoms with Crippen LogP contribution in [0.5, 0.6) is 0 Å². The van der Waals surface area contributed by atoms with Gasteiger partial charge in [0, 0.05) is 18.7 Å². The van der Waals surface area contributed by atoms with E-state index in [2.05, 4.69) is 19.1 Å². The van der Waals surface area contributed by atoms with Crippen molar-refractivity contribution in [1.29, 1.82) is 10.5 Å². The van der Waals surface area contributed by atoms with E-state index in [9.17, 15) is 4.79 Å². The molecule has 31 heavy (non-hydrogen) atoms. The second kappa shape index (κ2) is 8.85. The summed E-state index contributed by atoms with van der Waals surface area (Å²) in [6.45, 7) is 3.28.